The van der Waals surface area contributed by atoms with Gasteiger partial charge in [-0.15, -0.1) is 0 Å². The summed E-state index contributed by atoms with van der Waals surface area (Å²) in [6.07, 6.45) is 2.56. The van der Waals surface area contributed by atoms with Crippen LogP contribution in [0.5, 0.6) is 5.75 Å². The molecule has 4 aromatic rings. The third-order valence-electron chi connectivity index (χ3n) is 6.05. The third-order valence-corrected chi connectivity index (χ3v) is 6.78. The Kier molecular flexibility index (Phi) is 6.96. The van der Waals surface area contributed by atoms with E-state index in [0.29, 0.717) is 27.5 Å². The van der Waals surface area contributed by atoms with E-state index in [-0.39, 0.29) is 11.5 Å². The molecule has 0 radical (unpaired) electrons. The van der Waals surface area contributed by atoms with E-state index in [1.807, 2.05) is 44.2 Å². The molecular formula is C26H26BrClN4O2. The summed E-state index contributed by atoms with van der Waals surface area (Å²) in [6, 6.07) is 13.1. The number of ether oxygens (including phenoxy) is 1. The minimum atomic E-state index is -0.192. The van der Waals surface area contributed by atoms with Crippen LogP contribution in [0.4, 0.5) is 0 Å². The molecule has 2 aromatic heterocycles. The quantitative estimate of drug-likeness (QED) is 0.258. The molecule has 6 nitrogen and oxygen atoms in total. The molecule has 0 bridgehead atoms. The smallest absolute Gasteiger partial charge is 0.282 e. The molecule has 176 valence electrons. The van der Waals surface area contributed by atoms with Gasteiger partial charge in [-0.25, -0.2) is 4.98 Å². The summed E-state index contributed by atoms with van der Waals surface area (Å²) in [6.45, 7) is 8.14. The Balaban J connectivity index is 1.86. The van der Waals surface area contributed by atoms with Crippen molar-refractivity contribution in [2.24, 2.45) is 5.10 Å². The molecule has 1 atom stereocenters. The van der Waals surface area contributed by atoms with Crippen LogP contribution in [0.25, 0.3) is 16.6 Å². The molecule has 2 aromatic carbocycles. The second-order valence-electron chi connectivity index (χ2n) is 8.28. The fourth-order valence-electron chi connectivity index (χ4n) is 4.03. The van der Waals surface area contributed by atoms with Crippen LogP contribution < -0.4 is 10.3 Å². The fraction of sp³-hybridized carbons (Fsp3) is 0.269. The third kappa shape index (κ3) is 4.42. The second-order valence-corrected chi connectivity index (χ2v) is 9.63. The number of hydrogen-bond donors (Lipinski definition) is 0. The predicted octanol–water partition coefficient (Wildman–Crippen LogP) is 6.62. The van der Waals surface area contributed by atoms with Gasteiger partial charge in [-0.1, -0.05) is 41.4 Å². The first kappa shape index (κ1) is 24.2. The maximum absolute atomic E-state index is 13.4. The van der Waals surface area contributed by atoms with E-state index in [0.717, 1.165) is 33.5 Å². The maximum Gasteiger partial charge on any atom is 0.282 e. The highest BCUT2D eigenvalue weighted by Crippen LogP contribution is 2.30. The molecule has 0 N–H and O–H groups in total. The van der Waals surface area contributed by atoms with Gasteiger partial charge in [0.1, 0.15) is 11.6 Å². The van der Waals surface area contributed by atoms with Crippen molar-refractivity contribution in [1.29, 1.82) is 0 Å². The second kappa shape index (κ2) is 9.76. The van der Waals surface area contributed by atoms with Crippen LogP contribution in [-0.4, -0.2) is 27.6 Å². The lowest BCUT2D eigenvalue weighted by atomic mass is 10.1. The van der Waals surface area contributed by atoms with Crippen LogP contribution in [-0.2, 0) is 0 Å². The molecular weight excluding hydrogens is 516 g/mol. The van der Waals surface area contributed by atoms with Crippen molar-refractivity contribution in [3.05, 3.63) is 85.1 Å². The minimum Gasteiger partial charge on any atom is -0.495 e. The Labute approximate surface area is 212 Å². The molecule has 0 amide bonds. The highest BCUT2D eigenvalue weighted by molar-refractivity contribution is 9.10. The van der Waals surface area contributed by atoms with E-state index in [4.69, 9.17) is 21.3 Å². The standard InChI is InChI=1S/C26H26BrClN4O2/c1-6-15(2)25-30-22-9-7-19(27)12-21(22)26(33)32(25)29-14-18-11-16(3)31(17(18)4)23-13-20(28)8-10-24(23)34-5/h7-15H,6H2,1-5H3/t15-/m0/s1. The number of methoxy groups -OCH3 is 1. The van der Waals surface area contributed by atoms with Gasteiger partial charge in [0.2, 0.25) is 0 Å². The molecule has 0 spiro atoms. The lowest BCUT2D eigenvalue weighted by Gasteiger charge is -2.14. The van der Waals surface area contributed by atoms with Crippen molar-refractivity contribution < 1.29 is 4.74 Å². The average Bonchev–Trinajstić information content (AvgIpc) is 3.10. The lowest BCUT2D eigenvalue weighted by molar-refractivity contribution is 0.412. The molecule has 0 unspecified atom stereocenters. The van der Waals surface area contributed by atoms with Gasteiger partial charge in [0.25, 0.3) is 5.56 Å². The first-order chi connectivity index (χ1) is 16.2. The SMILES string of the molecule is CC[C@H](C)c1nc2ccc(Br)cc2c(=O)n1N=Cc1cc(C)n(-c2cc(Cl)ccc2OC)c1C. The zero-order chi connectivity index (χ0) is 24.6. The molecule has 0 aliphatic rings. The van der Waals surface area contributed by atoms with Crippen molar-refractivity contribution in [3.63, 3.8) is 0 Å². The van der Waals surface area contributed by atoms with Gasteiger partial charge < -0.3 is 9.30 Å². The Morgan fingerprint density at radius 3 is 2.68 bits per heavy atom. The van der Waals surface area contributed by atoms with Gasteiger partial charge in [-0.3, -0.25) is 4.79 Å². The topological polar surface area (TPSA) is 61.4 Å². The van der Waals surface area contributed by atoms with E-state index in [9.17, 15) is 4.79 Å². The first-order valence-electron chi connectivity index (χ1n) is 11.0. The van der Waals surface area contributed by atoms with Gasteiger partial charge >= 0.3 is 0 Å². The Hall–Kier alpha value is -2.90. The summed E-state index contributed by atoms with van der Waals surface area (Å²) >= 11 is 9.72. The van der Waals surface area contributed by atoms with Gasteiger partial charge in [0, 0.05) is 32.4 Å². The average molecular weight is 542 g/mol. The van der Waals surface area contributed by atoms with Crippen molar-refractivity contribution >= 4 is 44.6 Å². The van der Waals surface area contributed by atoms with E-state index in [1.54, 1.807) is 25.5 Å². The van der Waals surface area contributed by atoms with Crippen molar-refractivity contribution in [2.75, 3.05) is 7.11 Å². The highest BCUT2D eigenvalue weighted by Gasteiger charge is 2.17. The lowest BCUT2D eigenvalue weighted by Crippen LogP contribution is -2.23. The fourth-order valence-corrected chi connectivity index (χ4v) is 4.55. The summed E-state index contributed by atoms with van der Waals surface area (Å²) in [5.41, 5.74) is 4.16. The number of fused-ring (bicyclic) bond motifs is 1. The summed E-state index contributed by atoms with van der Waals surface area (Å²) in [5, 5.41) is 5.77. The molecule has 2 heterocycles. The summed E-state index contributed by atoms with van der Waals surface area (Å²) < 4.78 is 9.87. The Morgan fingerprint density at radius 1 is 1.21 bits per heavy atom. The highest BCUT2D eigenvalue weighted by atomic mass is 79.9. The van der Waals surface area contributed by atoms with Crippen LogP contribution in [0, 0.1) is 13.8 Å². The minimum absolute atomic E-state index is 0.0704. The van der Waals surface area contributed by atoms with Crippen molar-refractivity contribution in [2.45, 2.75) is 40.0 Å². The van der Waals surface area contributed by atoms with Gasteiger partial charge in [-0.05, 0) is 62.7 Å². The number of rotatable bonds is 6. The van der Waals surface area contributed by atoms with Crippen LogP contribution >= 0.6 is 27.5 Å². The van der Waals surface area contributed by atoms with Crippen molar-refractivity contribution in [1.82, 2.24) is 14.2 Å². The van der Waals surface area contributed by atoms with Crippen LogP contribution in [0.15, 0.2) is 56.8 Å². The molecule has 0 saturated heterocycles. The summed E-state index contributed by atoms with van der Waals surface area (Å²) in [5.74, 6) is 1.43. The van der Waals surface area contributed by atoms with E-state index < -0.39 is 0 Å². The van der Waals surface area contributed by atoms with Crippen molar-refractivity contribution in [3.8, 4) is 11.4 Å². The molecule has 0 aliphatic carbocycles. The molecule has 34 heavy (non-hydrogen) atoms. The zero-order valence-electron chi connectivity index (χ0n) is 19.8. The Morgan fingerprint density at radius 2 is 1.97 bits per heavy atom. The van der Waals surface area contributed by atoms with E-state index in [2.05, 4.69) is 39.4 Å². The number of halogens is 2. The maximum atomic E-state index is 13.4. The molecule has 0 saturated carbocycles. The first-order valence-corrected chi connectivity index (χ1v) is 12.2. The van der Waals surface area contributed by atoms with Crippen LogP contribution in [0.2, 0.25) is 5.02 Å². The summed E-state index contributed by atoms with van der Waals surface area (Å²) in [4.78, 5) is 18.2. The number of benzene rings is 2. The molecule has 4 rings (SSSR count). The van der Waals surface area contributed by atoms with Crippen LogP contribution in [0.1, 0.15) is 49.0 Å². The number of aromatic nitrogens is 3. The van der Waals surface area contributed by atoms with E-state index >= 15 is 0 Å². The number of hydrogen-bond acceptors (Lipinski definition) is 4. The van der Waals surface area contributed by atoms with Gasteiger partial charge in [-0.2, -0.15) is 9.78 Å². The van der Waals surface area contributed by atoms with E-state index in [1.165, 1.54) is 4.68 Å². The molecule has 8 heteroatoms. The van der Waals surface area contributed by atoms with Crippen LogP contribution in [0.3, 0.4) is 0 Å². The zero-order valence-corrected chi connectivity index (χ0v) is 22.1. The predicted molar refractivity (Wildman–Crippen MR) is 142 cm³/mol. The van der Waals surface area contributed by atoms with Gasteiger partial charge in [0.15, 0.2) is 0 Å². The largest absolute Gasteiger partial charge is 0.495 e. The number of aryl methyl sites for hydroxylation is 1. The molecule has 0 fully saturated rings. The molecule has 0 aliphatic heterocycles. The normalized spacial score (nSPS) is 12.6. The monoisotopic (exact) mass is 540 g/mol. The Bertz CT molecular complexity index is 1470. The summed E-state index contributed by atoms with van der Waals surface area (Å²) in [7, 11) is 1.64. The number of nitrogens with zero attached hydrogens (tertiary/aromatic N) is 4. The van der Waals surface area contributed by atoms with Gasteiger partial charge in [0.05, 0.1) is 29.9 Å².